The zero-order valence-electron chi connectivity index (χ0n) is 11.9. The normalized spacial score (nSPS) is 10.3. The van der Waals surface area contributed by atoms with E-state index >= 15 is 0 Å². The third-order valence-corrected chi connectivity index (χ3v) is 3.93. The van der Waals surface area contributed by atoms with E-state index in [4.69, 9.17) is 9.47 Å². The van der Waals surface area contributed by atoms with E-state index in [1.165, 1.54) is 0 Å². The van der Waals surface area contributed by atoms with Crippen molar-refractivity contribution in [2.45, 2.75) is 0 Å². The molecule has 0 radical (unpaired) electrons. The number of benzene rings is 2. The van der Waals surface area contributed by atoms with Gasteiger partial charge >= 0.3 is 0 Å². The Morgan fingerprint density at radius 3 is 2.64 bits per heavy atom. The number of amides is 1. The third-order valence-electron chi connectivity index (χ3n) is 2.82. The Balaban J connectivity index is 2.05. The molecule has 116 valence electrons. The van der Waals surface area contributed by atoms with Gasteiger partial charge < -0.3 is 14.8 Å². The molecule has 1 N–H and O–H groups in total. The van der Waals surface area contributed by atoms with E-state index in [1.54, 1.807) is 25.3 Å². The molecule has 0 atom stereocenters. The van der Waals surface area contributed by atoms with Crippen LogP contribution in [-0.2, 0) is 4.74 Å². The second-order valence-corrected chi connectivity index (χ2v) is 6.22. The number of hydrogen-bond donors (Lipinski definition) is 1. The quantitative estimate of drug-likeness (QED) is 0.689. The molecule has 0 heterocycles. The highest BCUT2D eigenvalue weighted by Crippen LogP contribution is 2.26. The topological polar surface area (TPSA) is 47.6 Å². The number of methoxy groups -OCH3 is 1. The number of carbonyl (C=O) groups is 1. The first-order valence-corrected chi connectivity index (χ1v) is 8.17. The van der Waals surface area contributed by atoms with Crippen LogP contribution in [0, 0.1) is 0 Å². The van der Waals surface area contributed by atoms with Gasteiger partial charge in [-0.15, -0.1) is 0 Å². The zero-order valence-corrected chi connectivity index (χ0v) is 15.1. The Hall–Kier alpha value is -1.37. The Bertz CT molecular complexity index is 662. The van der Waals surface area contributed by atoms with Crippen LogP contribution in [-0.4, -0.2) is 26.2 Å². The summed E-state index contributed by atoms with van der Waals surface area (Å²) in [6, 6.07) is 12.7. The number of rotatable bonds is 6. The fourth-order valence-electron chi connectivity index (χ4n) is 1.76. The molecule has 6 heteroatoms. The predicted molar refractivity (Wildman–Crippen MR) is 93.6 cm³/mol. The van der Waals surface area contributed by atoms with Gasteiger partial charge in [0.1, 0.15) is 12.4 Å². The molecule has 0 spiro atoms. The van der Waals surface area contributed by atoms with Crippen LogP contribution in [0.3, 0.4) is 0 Å². The lowest BCUT2D eigenvalue weighted by Crippen LogP contribution is -2.12. The van der Waals surface area contributed by atoms with Crippen LogP contribution in [0.25, 0.3) is 0 Å². The summed E-state index contributed by atoms with van der Waals surface area (Å²) in [5.41, 5.74) is 1.28. The molecule has 0 aliphatic heterocycles. The Kier molecular flexibility index (Phi) is 6.42. The summed E-state index contributed by atoms with van der Waals surface area (Å²) in [5, 5.41) is 2.85. The molecule has 4 nitrogen and oxygen atoms in total. The molecular weight excluding hydrogens is 414 g/mol. The third kappa shape index (κ3) is 4.83. The van der Waals surface area contributed by atoms with E-state index in [1.807, 2.05) is 24.3 Å². The maximum atomic E-state index is 12.2. The van der Waals surface area contributed by atoms with Gasteiger partial charge in [0.15, 0.2) is 0 Å². The lowest BCUT2D eigenvalue weighted by atomic mass is 10.2. The monoisotopic (exact) mass is 427 g/mol. The van der Waals surface area contributed by atoms with Crippen LogP contribution < -0.4 is 10.1 Å². The van der Waals surface area contributed by atoms with Gasteiger partial charge in [0.25, 0.3) is 5.91 Å². The van der Waals surface area contributed by atoms with E-state index in [9.17, 15) is 4.79 Å². The molecule has 0 unspecified atom stereocenters. The molecule has 0 saturated heterocycles. The van der Waals surface area contributed by atoms with Gasteiger partial charge in [-0.3, -0.25) is 4.79 Å². The van der Waals surface area contributed by atoms with Gasteiger partial charge in [-0.25, -0.2) is 0 Å². The van der Waals surface area contributed by atoms with Gasteiger partial charge in [-0.1, -0.05) is 22.0 Å². The van der Waals surface area contributed by atoms with Crippen molar-refractivity contribution in [3.05, 3.63) is 57.0 Å². The standard InChI is InChI=1S/C16H15Br2NO3/c1-21-7-8-22-15-6-5-11(9-14(15)18)16(20)19-13-4-2-3-12(17)10-13/h2-6,9-10H,7-8H2,1H3,(H,19,20). The SMILES string of the molecule is COCCOc1ccc(C(=O)Nc2cccc(Br)c2)cc1Br. The lowest BCUT2D eigenvalue weighted by molar-refractivity contribution is 0.102. The van der Waals surface area contributed by atoms with Gasteiger partial charge in [-0.2, -0.15) is 0 Å². The molecule has 22 heavy (non-hydrogen) atoms. The van der Waals surface area contributed by atoms with Gasteiger partial charge in [-0.05, 0) is 52.3 Å². The van der Waals surface area contributed by atoms with Crippen LogP contribution in [0.1, 0.15) is 10.4 Å². The smallest absolute Gasteiger partial charge is 0.255 e. The summed E-state index contributed by atoms with van der Waals surface area (Å²) in [4.78, 5) is 12.2. The highest BCUT2D eigenvalue weighted by Gasteiger charge is 2.10. The van der Waals surface area contributed by atoms with Crippen LogP contribution in [0.5, 0.6) is 5.75 Å². The van der Waals surface area contributed by atoms with Crippen LogP contribution in [0.4, 0.5) is 5.69 Å². The first-order chi connectivity index (χ1) is 10.6. The molecule has 2 aromatic rings. The second kappa shape index (κ2) is 8.31. The van der Waals surface area contributed by atoms with Gasteiger partial charge in [0.05, 0.1) is 11.1 Å². The first kappa shape index (κ1) is 17.0. The molecule has 2 aromatic carbocycles. The van der Waals surface area contributed by atoms with Crippen LogP contribution in [0.15, 0.2) is 51.4 Å². The number of nitrogens with one attached hydrogen (secondary N) is 1. The molecular formula is C16H15Br2NO3. The summed E-state index contributed by atoms with van der Waals surface area (Å²) in [5.74, 6) is 0.498. The molecule has 0 aliphatic rings. The summed E-state index contributed by atoms with van der Waals surface area (Å²) < 4.78 is 12.1. The van der Waals surface area contributed by atoms with Gasteiger partial charge in [0.2, 0.25) is 0 Å². The first-order valence-electron chi connectivity index (χ1n) is 6.58. The fraction of sp³-hybridized carbons (Fsp3) is 0.188. The molecule has 0 aliphatic carbocycles. The minimum absolute atomic E-state index is 0.178. The molecule has 0 saturated carbocycles. The largest absolute Gasteiger partial charge is 0.490 e. The molecule has 0 fully saturated rings. The van der Waals surface area contributed by atoms with E-state index in [0.717, 1.165) is 14.6 Å². The van der Waals surface area contributed by atoms with Gasteiger partial charge in [0, 0.05) is 22.8 Å². The van der Waals surface area contributed by atoms with Crippen molar-refractivity contribution >= 4 is 43.5 Å². The number of carbonyl (C=O) groups excluding carboxylic acids is 1. The average Bonchev–Trinajstić information content (AvgIpc) is 2.49. The van der Waals surface area contributed by atoms with Crippen molar-refractivity contribution in [1.29, 1.82) is 0 Å². The van der Waals surface area contributed by atoms with E-state index < -0.39 is 0 Å². The van der Waals surface area contributed by atoms with Crippen molar-refractivity contribution in [1.82, 2.24) is 0 Å². The second-order valence-electron chi connectivity index (χ2n) is 4.45. The average molecular weight is 429 g/mol. The number of hydrogen-bond acceptors (Lipinski definition) is 3. The van der Waals surface area contributed by atoms with Crippen molar-refractivity contribution in [2.75, 3.05) is 25.6 Å². The van der Waals surface area contributed by atoms with Crippen molar-refractivity contribution < 1.29 is 14.3 Å². The maximum absolute atomic E-state index is 12.2. The lowest BCUT2D eigenvalue weighted by Gasteiger charge is -2.10. The van der Waals surface area contributed by atoms with Crippen molar-refractivity contribution in [3.63, 3.8) is 0 Å². The van der Waals surface area contributed by atoms with Crippen LogP contribution in [0.2, 0.25) is 0 Å². The van der Waals surface area contributed by atoms with Crippen molar-refractivity contribution in [3.8, 4) is 5.75 Å². The molecule has 2 rings (SSSR count). The Labute approximate surface area is 146 Å². The predicted octanol–water partition coefficient (Wildman–Crippen LogP) is 4.49. The highest BCUT2D eigenvalue weighted by atomic mass is 79.9. The number of halogens is 2. The minimum Gasteiger partial charge on any atom is -0.490 e. The Morgan fingerprint density at radius 2 is 1.95 bits per heavy atom. The van der Waals surface area contributed by atoms with Crippen LogP contribution >= 0.6 is 31.9 Å². The maximum Gasteiger partial charge on any atom is 0.255 e. The highest BCUT2D eigenvalue weighted by molar-refractivity contribution is 9.10. The van der Waals surface area contributed by atoms with E-state index in [-0.39, 0.29) is 5.91 Å². The van der Waals surface area contributed by atoms with Crippen molar-refractivity contribution in [2.24, 2.45) is 0 Å². The number of ether oxygens (including phenoxy) is 2. The molecule has 1 amide bonds. The summed E-state index contributed by atoms with van der Waals surface area (Å²) in [6.45, 7) is 0.968. The van der Waals surface area contributed by atoms with E-state index in [0.29, 0.717) is 24.5 Å². The number of anilines is 1. The summed E-state index contributed by atoms with van der Waals surface area (Å²) >= 11 is 6.79. The minimum atomic E-state index is -0.178. The Morgan fingerprint density at radius 1 is 1.14 bits per heavy atom. The molecule has 0 aromatic heterocycles. The summed E-state index contributed by atoms with van der Waals surface area (Å²) in [7, 11) is 1.62. The zero-order chi connectivity index (χ0) is 15.9. The molecule has 0 bridgehead atoms. The fourth-order valence-corrected chi connectivity index (χ4v) is 2.66. The van der Waals surface area contributed by atoms with E-state index in [2.05, 4.69) is 37.2 Å². The summed E-state index contributed by atoms with van der Waals surface area (Å²) in [6.07, 6.45) is 0.